The number of hydrogen-bond donors (Lipinski definition) is 1. The lowest BCUT2D eigenvalue weighted by atomic mass is 10.1. The second kappa shape index (κ2) is 9.05. The number of carbonyl (C=O) groups excluding carboxylic acids is 1. The van der Waals surface area contributed by atoms with Gasteiger partial charge in [-0.2, -0.15) is 5.10 Å². The molecule has 1 amide bonds. The average molecular weight is 407 g/mol. The molecule has 0 atom stereocenters. The lowest BCUT2D eigenvalue weighted by Crippen LogP contribution is -2.55. The van der Waals surface area contributed by atoms with E-state index in [4.69, 9.17) is 11.6 Å². The van der Waals surface area contributed by atoms with Crippen LogP contribution >= 0.6 is 11.6 Å². The summed E-state index contributed by atoms with van der Waals surface area (Å²) in [6, 6.07) is 4.65. The van der Waals surface area contributed by atoms with Gasteiger partial charge < -0.3 is 15.1 Å². The van der Waals surface area contributed by atoms with Crippen LogP contribution in [0.4, 0.5) is 10.1 Å². The first-order valence-corrected chi connectivity index (χ1v) is 9.62. The fourth-order valence-electron chi connectivity index (χ4n) is 3.15. The largest absolute Gasteiger partial charge is 0.357 e. The van der Waals surface area contributed by atoms with Gasteiger partial charge in [-0.05, 0) is 25.5 Å². The number of aliphatic imine (C=N–C) groups is 1. The monoisotopic (exact) mass is 406 g/mol. The number of hydrogen-bond acceptors (Lipinski definition) is 3. The minimum atomic E-state index is -0.326. The lowest BCUT2D eigenvalue weighted by Gasteiger charge is -2.35. The molecule has 150 valence electrons. The Balaban J connectivity index is 1.65. The summed E-state index contributed by atoms with van der Waals surface area (Å²) in [5.74, 6) is 0.309. The minimum absolute atomic E-state index is 0.0120. The quantitative estimate of drug-likeness (QED) is 0.609. The number of benzene rings is 1. The van der Waals surface area contributed by atoms with Crippen molar-refractivity contribution in [3.63, 3.8) is 0 Å². The molecular weight excluding hydrogens is 383 g/mol. The number of amides is 1. The molecule has 1 aromatic heterocycles. The number of rotatable bonds is 5. The van der Waals surface area contributed by atoms with Crippen molar-refractivity contribution in [2.75, 3.05) is 37.6 Å². The molecule has 3 rings (SSSR count). The van der Waals surface area contributed by atoms with Crippen molar-refractivity contribution in [2.24, 2.45) is 12.0 Å². The molecule has 28 heavy (non-hydrogen) atoms. The molecule has 0 spiro atoms. The Kier molecular flexibility index (Phi) is 6.51. The van der Waals surface area contributed by atoms with Crippen molar-refractivity contribution in [3.05, 3.63) is 47.0 Å². The summed E-state index contributed by atoms with van der Waals surface area (Å²) in [6.45, 7) is 4.44. The van der Waals surface area contributed by atoms with Gasteiger partial charge in [-0.25, -0.2) is 4.39 Å². The van der Waals surface area contributed by atoms with Crippen LogP contribution in [0.3, 0.4) is 0 Å². The summed E-state index contributed by atoms with van der Waals surface area (Å²) in [5.41, 5.74) is 1.25. The number of guanidine groups is 1. The zero-order valence-electron chi connectivity index (χ0n) is 16.0. The molecule has 9 heteroatoms. The molecule has 1 fully saturated rings. The van der Waals surface area contributed by atoms with Crippen LogP contribution in [0.2, 0.25) is 5.02 Å². The number of halogens is 2. The third-order valence-electron chi connectivity index (χ3n) is 4.54. The van der Waals surface area contributed by atoms with E-state index in [1.807, 2.05) is 25.1 Å². The Morgan fingerprint density at radius 3 is 2.86 bits per heavy atom. The third-order valence-corrected chi connectivity index (χ3v) is 4.90. The van der Waals surface area contributed by atoms with E-state index < -0.39 is 0 Å². The smallest absolute Gasteiger partial charge is 0.246 e. The minimum Gasteiger partial charge on any atom is -0.357 e. The van der Waals surface area contributed by atoms with Gasteiger partial charge in [0, 0.05) is 50.0 Å². The highest BCUT2D eigenvalue weighted by Gasteiger charge is 2.27. The first-order chi connectivity index (χ1) is 13.5. The SMILES string of the molecule is CCNC(=NCCc1c(F)cccc1Cl)N1CCN(c2cnn(C)c2)C(=O)C1. The van der Waals surface area contributed by atoms with Crippen LogP contribution in [0.1, 0.15) is 12.5 Å². The molecule has 7 nitrogen and oxygen atoms in total. The molecule has 0 aliphatic carbocycles. The van der Waals surface area contributed by atoms with Gasteiger partial charge in [-0.15, -0.1) is 0 Å². The third kappa shape index (κ3) is 4.62. The number of nitrogens with one attached hydrogen (secondary N) is 1. The van der Waals surface area contributed by atoms with Gasteiger partial charge >= 0.3 is 0 Å². The average Bonchev–Trinajstić information content (AvgIpc) is 3.09. The highest BCUT2D eigenvalue weighted by molar-refractivity contribution is 6.31. The molecule has 2 aromatic rings. The van der Waals surface area contributed by atoms with Crippen LogP contribution in [0.25, 0.3) is 0 Å². The maximum absolute atomic E-state index is 13.9. The molecule has 1 aromatic carbocycles. The van der Waals surface area contributed by atoms with Crippen LogP contribution in [-0.4, -0.2) is 59.3 Å². The standard InChI is InChI=1S/C19H24ClFN6O/c1-3-22-19(23-8-7-15-16(20)5-4-6-17(15)21)26-9-10-27(18(28)13-26)14-11-24-25(2)12-14/h4-6,11-12H,3,7-10,13H2,1-2H3,(H,22,23). The van der Waals surface area contributed by atoms with E-state index in [1.165, 1.54) is 6.07 Å². The van der Waals surface area contributed by atoms with E-state index in [0.29, 0.717) is 49.1 Å². The van der Waals surface area contributed by atoms with Crippen molar-refractivity contribution in [1.29, 1.82) is 0 Å². The molecule has 2 heterocycles. The van der Waals surface area contributed by atoms with Crippen molar-refractivity contribution in [3.8, 4) is 0 Å². The van der Waals surface area contributed by atoms with Gasteiger partial charge in [0.25, 0.3) is 0 Å². The molecule has 0 saturated carbocycles. The number of anilines is 1. The first-order valence-electron chi connectivity index (χ1n) is 9.24. The van der Waals surface area contributed by atoms with E-state index in [0.717, 1.165) is 5.69 Å². The number of carbonyl (C=O) groups is 1. The fourth-order valence-corrected chi connectivity index (χ4v) is 3.40. The summed E-state index contributed by atoms with van der Waals surface area (Å²) in [4.78, 5) is 20.8. The first kappa shape index (κ1) is 20.1. The van der Waals surface area contributed by atoms with Gasteiger partial charge in [0.05, 0.1) is 11.9 Å². The van der Waals surface area contributed by atoms with Crippen LogP contribution < -0.4 is 10.2 Å². The van der Waals surface area contributed by atoms with E-state index in [1.54, 1.807) is 27.9 Å². The lowest BCUT2D eigenvalue weighted by molar-refractivity contribution is -0.120. The van der Waals surface area contributed by atoms with E-state index in [2.05, 4.69) is 15.4 Å². The van der Waals surface area contributed by atoms with Gasteiger partial charge in [0.1, 0.15) is 12.4 Å². The number of aromatic nitrogens is 2. The fraction of sp³-hybridized carbons (Fsp3) is 0.421. The number of nitrogens with zero attached hydrogens (tertiary/aromatic N) is 5. The van der Waals surface area contributed by atoms with Gasteiger partial charge in [-0.1, -0.05) is 17.7 Å². The summed E-state index contributed by atoms with van der Waals surface area (Å²) in [5, 5.41) is 7.74. The predicted molar refractivity (Wildman–Crippen MR) is 108 cm³/mol. The highest BCUT2D eigenvalue weighted by Crippen LogP contribution is 2.20. The van der Waals surface area contributed by atoms with Crippen LogP contribution in [-0.2, 0) is 18.3 Å². The number of aryl methyl sites for hydroxylation is 1. The molecular formula is C19H24ClFN6O. The Morgan fingerprint density at radius 1 is 1.39 bits per heavy atom. The molecule has 1 N–H and O–H groups in total. The zero-order chi connectivity index (χ0) is 20.1. The van der Waals surface area contributed by atoms with Crippen molar-refractivity contribution >= 4 is 29.2 Å². The summed E-state index contributed by atoms with van der Waals surface area (Å²) < 4.78 is 15.6. The van der Waals surface area contributed by atoms with Crippen molar-refractivity contribution in [2.45, 2.75) is 13.3 Å². The zero-order valence-corrected chi connectivity index (χ0v) is 16.8. The van der Waals surface area contributed by atoms with Crippen LogP contribution in [0, 0.1) is 5.82 Å². The Morgan fingerprint density at radius 2 is 2.21 bits per heavy atom. The molecule has 1 saturated heterocycles. The van der Waals surface area contributed by atoms with Gasteiger partial charge in [0.15, 0.2) is 5.96 Å². The molecule has 1 aliphatic rings. The predicted octanol–water partition coefficient (Wildman–Crippen LogP) is 2.07. The molecule has 0 unspecified atom stereocenters. The second-order valence-electron chi connectivity index (χ2n) is 6.53. The Hall–Kier alpha value is -2.61. The second-order valence-corrected chi connectivity index (χ2v) is 6.93. The van der Waals surface area contributed by atoms with Crippen molar-refractivity contribution < 1.29 is 9.18 Å². The Bertz CT molecular complexity index is 848. The summed E-state index contributed by atoms with van der Waals surface area (Å²) in [7, 11) is 1.82. The highest BCUT2D eigenvalue weighted by atomic mass is 35.5. The van der Waals surface area contributed by atoms with Crippen LogP contribution in [0.15, 0.2) is 35.6 Å². The number of piperazine rings is 1. The van der Waals surface area contributed by atoms with Crippen molar-refractivity contribution in [1.82, 2.24) is 20.0 Å². The Labute approximate surface area is 168 Å². The van der Waals surface area contributed by atoms with Gasteiger partial charge in [-0.3, -0.25) is 14.5 Å². The van der Waals surface area contributed by atoms with E-state index >= 15 is 0 Å². The molecule has 0 radical (unpaired) electrons. The molecule has 1 aliphatic heterocycles. The maximum atomic E-state index is 13.9. The topological polar surface area (TPSA) is 65.8 Å². The molecule has 0 bridgehead atoms. The summed E-state index contributed by atoms with van der Waals surface area (Å²) in [6.07, 6.45) is 3.90. The van der Waals surface area contributed by atoms with E-state index in [9.17, 15) is 9.18 Å². The summed E-state index contributed by atoms with van der Waals surface area (Å²) >= 11 is 6.08. The van der Waals surface area contributed by atoms with E-state index in [-0.39, 0.29) is 18.3 Å². The maximum Gasteiger partial charge on any atom is 0.246 e. The normalized spacial score (nSPS) is 15.3. The van der Waals surface area contributed by atoms with Gasteiger partial charge in [0.2, 0.25) is 5.91 Å². The van der Waals surface area contributed by atoms with Crippen LogP contribution in [0.5, 0.6) is 0 Å².